The van der Waals surface area contributed by atoms with Crippen LogP contribution in [0.15, 0.2) is 29.8 Å². The molecule has 3 heterocycles. The van der Waals surface area contributed by atoms with Crippen LogP contribution in [0.5, 0.6) is 0 Å². The van der Waals surface area contributed by atoms with Crippen LogP contribution in [0.2, 0.25) is 0 Å². The lowest BCUT2D eigenvalue weighted by atomic mass is 10.0. The zero-order chi connectivity index (χ0) is 13.4. The first-order valence-corrected chi connectivity index (χ1v) is 7.51. The summed E-state index contributed by atoms with van der Waals surface area (Å²) in [6.45, 7) is 5.00. The Morgan fingerprint density at radius 2 is 2.32 bits per heavy atom. The lowest BCUT2D eigenvalue weighted by Crippen LogP contribution is -2.33. The Balaban J connectivity index is 1.93. The van der Waals surface area contributed by atoms with Crippen molar-refractivity contribution in [2.24, 2.45) is 0 Å². The molecule has 3 rings (SSSR count). The predicted molar refractivity (Wildman–Crippen MR) is 78.7 cm³/mol. The van der Waals surface area contributed by atoms with Gasteiger partial charge in [0.1, 0.15) is 5.82 Å². The largest absolute Gasteiger partial charge is 0.389 e. The summed E-state index contributed by atoms with van der Waals surface area (Å²) in [5.41, 5.74) is 2.34. The topological polar surface area (TPSA) is 36.4 Å². The molecule has 1 unspecified atom stereocenters. The van der Waals surface area contributed by atoms with Crippen molar-refractivity contribution in [3.05, 3.63) is 45.8 Å². The first-order valence-electron chi connectivity index (χ1n) is 6.63. The second-order valence-electron chi connectivity index (χ2n) is 5.04. The fraction of sp³-hybridized carbons (Fsp3) is 0.400. The Hall–Kier alpha value is -1.39. The van der Waals surface area contributed by atoms with Gasteiger partial charge < -0.3 is 10.0 Å². The molecule has 1 aliphatic rings. The van der Waals surface area contributed by atoms with Gasteiger partial charge >= 0.3 is 0 Å². The molecular formula is C15H18N2OS. The van der Waals surface area contributed by atoms with Crippen molar-refractivity contribution in [2.45, 2.75) is 32.4 Å². The van der Waals surface area contributed by atoms with Crippen LogP contribution in [0.25, 0.3) is 0 Å². The van der Waals surface area contributed by atoms with E-state index in [0.29, 0.717) is 6.04 Å². The average molecular weight is 274 g/mol. The molecule has 0 fully saturated rings. The van der Waals surface area contributed by atoms with Crippen LogP contribution >= 0.6 is 11.3 Å². The van der Waals surface area contributed by atoms with Crippen LogP contribution in [0.4, 0.5) is 5.82 Å². The smallest absolute Gasteiger partial charge is 0.129 e. The monoisotopic (exact) mass is 274 g/mol. The van der Waals surface area contributed by atoms with Gasteiger partial charge in [-0.3, -0.25) is 0 Å². The minimum absolute atomic E-state index is 0.353. The third-order valence-electron chi connectivity index (χ3n) is 3.82. The molecular weight excluding hydrogens is 256 g/mol. The van der Waals surface area contributed by atoms with Crippen molar-refractivity contribution in [1.29, 1.82) is 0 Å². The van der Waals surface area contributed by atoms with Crippen molar-refractivity contribution < 1.29 is 5.11 Å². The van der Waals surface area contributed by atoms with Crippen LogP contribution in [-0.4, -0.2) is 16.6 Å². The van der Waals surface area contributed by atoms with Crippen molar-refractivity contribution in [3.63, 3.8) is 0 Å². The van der Waals surface area contributed by atoms with Gasteiger partial charge in [-0.2, -0.15) is 0 Å². The van der Waals surface area contributed by atoms with E-state index in [4.69, 9.17) is 0 Å². The summed E-state index contributed by atoms with van der Waals surface area (Å²) in [4.78, 5) is 8.29. The Bertz CT molecular complexity index is 579. The quantitative estimate of drug-likeness (QED) is 0.912. The van der Waals surface area contributed by atoms with E-state index in [1.165, 1.54) is 10.4 Å². The van der Waals surface area contributed by atoms with Crippen LogP contribution in [0.3, 0.4) is 0 Å². The highest BCUT2D eigenvalue weighted by atomic mass is 32.1. The summed E-state index contributed by atoms with van der Waals surface area (Å²) in [5.74, 6) is 0.961. The highest BCUT2D eigenvalue weighted by Gasteiger charge is 2.25. The molecule has 4 heteroatoms. The fourth-order valence-electron chi connectivity index (χ4n) is 2.67. The number of nitrogens with zero attached hydrogens (tertiary/aromatic N) is 2. The van der Waals surface area contributed by atoms with Crippen molar-refractivity contribution in [1.82, 2.24) is 4.98 Å². The first-order chi connectivity index (χ1) is 9.16. The van der Waals surface area contributed by atoms with Gasteiger partial charge in [0.25, 0.3) is 0 Å². The summed E-state index contributed by atoms with van der Waals surface area (Å²) in [6.07, 6.45) is 2.42. The number of hydrogen-bond acceptors (Lipinski definition) is 4. The number of aliphatic hydroxyl groups is 1. The SMILES string of the molecule is CC1c2ccsc2CCN1c1cc([C@H](C)O)ccn1. The predicted octanol–water partition coefficient (Wildman–Crippen LogP) is 3.32. The molecule has 0 aromatic carbocycles. The molecule has 100 valence electrons. The van der Waals surface area contributed by atoms with Gasteiger partial charge in [-0.1, -0.05) is 0 Å². The molecule has 0 aliphatic carbocycles. The second kappa shape index (κ2) is 4.94. The second-order valence-corrected chi connectivity index (χ2v) is 6.04. The number of pyridine rings is 1. The van der Waals surface area contributed by atoms with E-state index in [1.54, 1.807) is 13.1 Å². The van der Waals surface area contributed by atoms with E-state index < -0.39 is 6.10 Å². The summed E-state index contributed by atoms with van der Waals surface area (Å²) >= 11 is 1.85. The maximum absolute atomic E-state index is 9.69. The molecule has 1 aliphatic heterocycles. The zero-order valence-electron chi connectivity index (χ0n) is 11.2. The first kappa shape index (κ1) is 12.6. The van der Waals surface area contributed by atoms with E-state index in [-0.39, 0.29) is 0 Å². The molecule has 0 saturated heterocycles. The summed E-state index contributed by atoms with van der Waals surface area (Å²) in [7, 11) is 0. The van der Waals surface area contributed by atoms with Crippen LogP contribution in [0.1, 0.15) is 42.0 Å². The van der Waals surface area contributed by atoms with E-state index in [1.807, 2.05) is 23.5 Å². The van der Waals surface area contributed by atoms with Gasteiger partial charge in [0, 0.05) is 17.6 Å². The minimum atomic E-state index is -0.446. The van der Waals surface area contributed by atoms with E-state index in [2.05, 4.69) is 28.3 Å². The molecule has 0 bridgehead atoms. The average Bonchev–Trinajstić information content (AvgIpc) is 2.88. The van der Waals surface area contributed by atoms with Crippen molar-refractivity contribution in [3.8, 4) is 0 Å². The van der Waals surface area contributed by atoms with Gasteiger partial charge in [-0.25, -0.2) is 4.98 Å². The number of aromatic nitrogens is 1. The Kier molecular flexibility index (Phi) is 3.29. The number of fused-ring (bicyclic) bond motifs is 1. The van der Waals surface area contributed by atoms with Gasteiger partial charge in [0.2, 0.25) is 0 Å². The number of thiophene rings is 1. The highest BCUT2D eigenvalue weighted by Crippen LogP contribution is 2.35. The standard InChI is InChI=1S/C15H18N2OS/c1-10-13-5-8-19-14(13)4-7-17(10)15-9-12(11(2)18)3-6-16-15/h3,5-6,8-11,18H,4,7H2,1-2H3/t10?,11-/m0/s1. The zero-order valence-corrected chi connectivity index (χ0v) is 12.0. The Labute approximate surface area is 117 Å². The van der Waals surface area contributed by atoms with Gasteiger partial charge in [-0.05, 0) is 55.0 Å². The van der Waals surface area contributed by atoms with Crippen molar-refractivity contribution >= 4 is 17.2 Å². The number of anilines is 1. The lowest BCUT2D eigenvalue weighted by Gasteiger charge is -2.34. The van der Waals surface area contributed by atoms with E-state index in [9.17, 15) is 5.11 Å². The normalized spacial score (nSPS) is 20.2. The molecule has 2 aromatic heterocycles. The number of aliphatic hydroxyl groups excluding tert-OH is 1. The van der Waals surface area contributed by atoms with E-state index in [0.717, 1.165) is 24.3 Å². The molecule has 1 N–H and O–H groups in total. The van der Waals surface area contributed by atoms with Gasteiger partial charge in [-0.15, -0.1) is 11.3 Å². The summed E-state index contributed by atoms with van der Waals surface area (Å²) in [6, 6.07) is 6.44. The van der Waals surface area contributed by atoms with Crippen LogP contribution in [0, 0.1) is 0 Å². The maximum atomic E-state index is 9.69. The molecule has 2 aromatic rings. The molecule has 3 nitrogen and oxygen atoms in total. The minimum Gasteiger partial charge on any atom is -0.389 e. The van der Waals surface area contributed by atoms with Crippen LogP contribution in [-0.2, 0) is 6.42 Å². The third-order valence-corrected chi connectivity index (χ3v) is 4.82. The Morgan fingerprint density at radius 1 is 1.47 bits per heavy atom. The maximum Gasteiger partial charge on any atom is 0.129 e. The Morgan fingerprint density at radius 3 is 3.11 bits per heavy atom. The fourth-order valence-corrected chi connectivity index (χ4v) is 3.64. The highest BCUT2D eigenvalue weighted by molar-refractivity contribution is 7.10. The summed E-state index contributed by atoms with van der Waals surface area (Å²) < 4.78 is 0. The molecule has 19 heavy (non-hydrogen) atoms. The molecule has 0 radical (unpaired) electrons. The third kappa shape index (κ3) is 2.26. The van der Waals surface area contributed by atoms with Crippen molar-refractivity contribution in [2.75, 3.05) is 11.4 Å². The van der Waals surface area contributed by atoms with Gasteiger partial charge in [0.15, 0.2) is 0 Å². The van der Waals surface area contributed by atoms with Gasteiger partial charge in [0.05, 0.1) is 12.1 Å². The molecule has 0 amide bonds. The molecule has 0 spiro atoms. The van der Waals surface area contributed by atoms with E-state index >= 15 is 0 Å². The summed E-state index contributed by atoms with van der Waals surface area (Å²) in [5, 5.41) is 11.9. The lowest BCUT2D eigenvalue weighted by molar-refractivity contribution is 0.199. The number of rotatable bonds is 2. The van der Waals surface area contributed by atoms with Crippen LogP contribution < -0.4 is 4.90 Å². The molecule has 0 saturated carbocycles. The molecule has 2 atom stereocenters. The number of hydrogen-bond donors (Lipinski definition) is 1.